The SMILES string of the molecule is Cc1ccccc1CCC(=O)N(C)[C@@H](C)[C@H](O)c1ccccc1. The van der Waals surface area contributed by atoms with Crippen LogP contribution in [0.4, 0.5) is 0 Å². The Bertz CT molecular complexity index is 639. The molecule has 0 radical (unpaired) electrons. The molecule has 1 amide bonds. The molecule has 0 fully saturated rings. The minimum absolute atomic E-state index is 0.0516. The van der Waals surface area contributed by atoms with Crippen molar-refractivity contribution < 1.29 is 9.90 Å². The minimum Gasteiger partial charge on any atom is -0.386 e. The van der Waals surface area contributed by atoms with Crippen molar-refractivity contribution in [2.45, 2.75) is 38.8 Å². The first-order chi connectivity index (χ1) is 11.0. The molecule has 0 aliphatic carbocycles. The molecule has 122 valence electrons. The highest BCUT2D eigenvalue weighted by atomic mass is 16.3. The summed E-state index contributed by atoms with van der Waals surface area (Å²) in [4.78, 5) is 14.1. The summed E-state index contributed by atoms with van der Waals surface area (Å²) in [6, 6.07) is 17.3. The molecular weight excluding hydrogens is 286 g/mol. The van der Waals surface area contributed by atoms with Crippen LogP contribution < -0.4 is 0 Å². The number of amides is 1. The van der Waals surface area contributed by atoms with E-state index in [9.17, 15) is 9.90 Å². The second-order valence-electron chi connectivity index (χ2n) is 6.03. The second-order valence-corrected chi connectivity index (χ2v) is 6.03. The Morgan fingerprint density at radius 3 is 2.35 bits per heavy atom. The van der Waals surface area contributed by atoms with E-state index >= 15 is 0 Å². The predicted octanol–water partition coefficient (Wildman–Crippen LogP) is 3.51. The molecule has 1 N–H and O–H groups in total. The van der Waals surface area contributed by atoms with E-state index in [1.54, 1.807) is 11.9 Å². The molecule has 0 aromatic heterocycles. The van der Waals surface area contributed by atoms with E-state index in [2.05, 4.69) is 19.1 Å². The third-order valence-corrected chi connectivity index (χ3v) is 4.47. The summed E-state index contributed by atoms with van der Waals surface area (Å²) >= 11 is 0. The number of likely N-dealkylation sites (N-methyl/N-ethyl adjacent to an activating group) is 1. The van der Waals surface area contributed by atoms with Crippen molar-refractivity contribution >= 4 is 5.91 Å². The Labute approximate surface area is 138 Å². The zero-order valence-corrected chi connectivity index (χ0v) is 14.1. The highest BCUT2D eigenvalue weighted by Gasteiger charge is 2.23. The third kappa shape index (κ3) is 4.42. The summed E-state index contributed by atoms with van der Waals surface area (Å²) in [5.74, 6) is 0.0516. The molecule has 0 heterocycles. The van der Waals surface area contributed by atoms with E-state index in [4.69, 9.17) is 0 Å². The van der Waals surface area contributed by atoms with E-state index in [0.29, 0.717) is 6.42 Å². The number of aryl methyl sites for hydroxylation is 2. The maximum Gasteiger partial charge on any atom is 0.222 e. The first kappa shape index (κ1) is 17.2. The smallest absolute Gasteiger partial charge is 0.222 e. The van der Waals surface area contributed by atoms with Gasteiger partial charge in [0.2, 0.25) is 5.91 Å². The third-order valence-electron chi connectivity index (χ3n) is 4.47. The first-order valence-electron chi connectivity index (χ1n) is 8.04. The van der Waals surface area contributed by atoms with Crippen LogP contribution in [-0.2, 0) is 11.2 Å². The summed E-state index contributed by atoms with van der Waals surface area (Å²) in [7, 11) is 1.76. The van der Waals surface area contributed by atoms with Crippen LogP contribution in [0.25, 0.3) is 0 Å². The van der Waals surface area contributed by atoms with E-state index in [1.165, 1.54) is 11.1 Å². The standard InChI is InChI=1S/C20H25NO2/c1-15-9-7-8-10-17(15)13-14-19(22)21(3)16(2)20(23)18-11-5-4-6-12-18/h4-12,16,20,23H,13-14H2,1-3H3/t16-,20-/m0/s1. The molecule has 0 spiro atoms. The topological polar surface area (TPSA) is 40.5 Å². The van der Waals surface area contributed by atoms with Gasteiger partial charge in [0.25, 0.3) is 0 Å². The number of hydrogen-bond donors (Lipinski definition) is 1. The molecule has 0 saturated carbocycles. The Kier molecular flexibility index (Phi) is 5.94. The van der Waals surface area contributed by atoms with Crippen LogP contribution in [0.5, 0.6) is 0 Å². The molecule has 2 aromatic carbocycles. The van der Waals surface area contributed by atoms with Gasteiger partial charge in [-0.1, -0.05) is 54.6 Å². The number of rotatable bonds is 6. The van der Waals surface area contributed by atoms with Crippen LogP contribution in [0, 0.1) is 6.92 Å². The number of carbonyl (C=O) groups excluding carboxylic acids is 1. The molecular formula is C20H25NO2. The van der Waals surface area contributed by atoms with Crippen molar-refractivity contribution in [3.63, 3.8) is 0 Å². The predicted molar refractivity (Wildman–Crippen MR) is 93.1 cm³/mol. The molecule has 3 heteroatoms. The zero-order chi connectivity index (χ0) is 16.8. The van der Waals surface area contributed by atoms with Gasteiger partial charge in [0.05, 0.1) is 12.1 Å². The van der Waals surface area contributed by atoms with Crippen molar-refractivity contribution in [3.8, 4) is 0 Å². The van der Waals surface area contributed by atoms with Gasteiger partial charge in [0.1, 0.15) is 0 Å². The fourth-order valence-electron chi connectivity index (χ4n) is 2.68. The molecule has 2 rings (SSSR count). The van der Waals surface area contributed by atoms with Gasteiger partial charge in [-0.3, -0.25) is 4.79 Å². The van der Waals surface area contributed by atoms with Crippen molar-refractivity contribution in [1.82, 2.24) is 4.90 Å². The summed E-state index contributed by atoms with van der Waals surface area (Å²) in [5, 5.41) is 10.4. The van der Waals surface area contributed by atoms with E-state index in [1.807, 2.05) is 49.4 Å². The maximum atomic E-state index is 12.4. The van der Waals surface area contributed by atoms with Crippen molar-refractivity contribution in [1.29, 1.82) is 0 Å². The van der Waals surface area contributed by atoms with Gasteiger partial charge in [-0.05, 0) is 37.0 Å². The van der Waals surface area contributed by atoms with Crippen LogP contribution in [0.3, 0.4) is 0 Å². The lowest BCUT2D eigenvalue weighted by atomic mass is 10.0. The fourth-order valence-corrected chi connectivity index (χ4v) is 2.68. The molecule has 0 bridgehead atoms. The number of carbonyl (C=O) groups is 1. The average Bonchev–Trinajstić information content (AvgIpc) is 2.59. The molecule has 0 saturated heterocycles. The zero-order valence-electron chi connectivity index (χ0n) is 14.1. The quantitative estimate of drug-likeness (QED) is 0.887. The Hall–Kier alpha value is -2.13. The van der Waals surface area contributed by atoms with Gasteiger partial charge in [-0.15, -0.1) is 0 Å². The lowest BCUT2D eigenvalue weighted by Crippen LogP contribution is -2.39. The van der Waals surface area contributed by atoms with E-state index in [0.717, 1.165) is 12.0 Å². The molecule has 0 unspecified atom stereocenters. The van der Waals surface area contributed by atoms with E-state index < -0.39 is 6.10 Å². The number of aliphatic hydroxyl groups is 1. The molecule has 0 aliphatic heterocycles. The molecule has 3 nitrogen and oxygen atoms in total. The summed E-state index contributed by atoms with van der Waals surface area (Å²) in [6.45, 7) is 3.94. The van der Waals surface area contributed by atoms with Gasteiger partial charge in [0.15, 0.2) is 0 Å². The Morgan fingerprint density at radius 1 is 1.09 bits per heavy atom. The summed E-state index contributed by atoms with van der Waals surface area (Å²) in [5.41, 5.74) is 3.24. The monoisotopic (exact) mass is 311 g/mol. The highest BCUT2D eigenvalue weighted by molar-refractivity contribution is 5.76. The number of hydrogen-bond acceptors (Lipinski definition) is 2. The second kappa shape index (κ2) is 7.93. The lowest BCUT2D eigenvalue weighted by Gasteiger charge is -2.29. The average molecular weight is 311 g/mol. The normalized spacial score (nSPS) is 13.4. The molecule has 0 aliphatic rings. The van der Waals surface area contributed by atoms with Gasteiger partial charge < -0.3 is 10.0 Å². The largest absolute Gasteiger partial charge is 0.386 e. The first-order valence-corrected chi connectivity index (χ1v) is 8.04. The number of benzene rings is 2. The fraction of sp³-hybridized carbons (Fsp3) is 0.350. The van der Waals surface area contributed by atoms with Crippen LogP contribution >= 0.6 is 0 Å². The van der Waals surface area contributed by atoms with Crippen LogP contribution in [-0.4, -0.2) is 29.0 Å². The summed E-state index contributed by atoms with van der Waals surface area (Å²) in [6.07, 6.45) is 0.501. The van der Waals surface area contributed by atoms with Crippen molar-refractivity contribution in [2.75, 3.05) is 7.05 Å². The van der Waals surface area contributed by atoms with Gasteiger partial charge in [0, 0.05) is 13.5 Å². The number of aliphatic hydroxyl groups excluding tert-OH is 1. The Balaban J connectivity index is 1.95. The molecule has 23 heavy (non-hydrogen) atoms. The molecule has 2 atom stereocenters. The minimum atomic E-state index is -0.677. The van der Waals surface area contributed by atoms with Crippen LogP contribution in [0.2, 0.25) is 0 Å². The lowest BCUT2D eigenvalue weighted by molar-refractivity contribution is -0.133. The summed E-state index contributed by atoms with van der Waals surface area (Å²) < 4.78 is 0. The van der Waals surface area contributed by atoms with Crippen LogP contribution in [0.15, 0.2) is 54.6 Å². The van der Waals surface area contributed by atoms with Gasteiger partial charge in [-0.25, -0.2) is 0 Å². The van der Waals surface area contributed by atoms with E-state index in [-0.39, 0.29) is 11.9 Å². The number of nitrogens with zero attached hydrogens (tertiary/aromatic N) is 1. The Morgan fingerprint density at radius 2 is 1.70 bits per heavy atom. The van der Waals surface area contributed by atoms with Crippen molar-refractivity contribution in [3.05, 3.63) is 71.3 Å². The maximum absolute atomic E-state index is 12.4. The highest BCUT2D eigenvalue weighted by Crippen LogP contribution is 2.20. The molecule has 2 aromatic rings. The van der Waals surface area contributed by atoms with Crippen molar-refractivity contribution in [2.24, 2.45) is 0 Å². The van der Waals surface area contributed by atoms with Gasteiger partial charge in [-0.2, -0.15) is 0 Å². The van der Waals surface area contributed by atoms with Gasteiger partial charge >= 0.3 is 0 Å². The van der Waals surface area contributed by atoms with Crippen LogP contribution in [0.1, 0.15) is 36.1 Å².